The molecule has 39 heavy (non-hydrogen) atoms. The van der Waals surface area contributed by atoms with E-state index in [0.29, 0.717) is 54.8 Å². The average Bonchev–Trinajstić information content (AvgIpc) is 3.42. The van der Waals surface area contributed by atoms with E-state index in [1.54, 1.807) is 26.2 Å². The van der Waals surface area contributed by atoms with Crippen LogP contribution in [0, 0.1) is 12.3 Å². The van der Waals surface area contributed by atoms with E-state index in [9.17, 15) is 4.79 Å². The van der Waals surface area contributed by atoms with Gasteiger partial charge in [-0.1, -0.05) is 23.4 Å². The number of benzene rings is 3. The number of methoxy groups -OCH3 is 3. The highest BCUT2D eigenvalue weighted by Crippen LogP contribution is 2.42. The number of ether oxygens (including phenoxy) is 3. The van der Waals surface area contributed by atoms with E-state index in [1.807, 2.05) is 42.5 Å². The highest BCUT2D eigenvalue weighted by atomic mass is 32.2. The second-order valence-corrected chi connectivity index (χ2v) is 9.57. The molecule has 4 aromatic rings. The van der Waals surface area contributed by atoms with Gasteiger partial charge in [-0.25, -0.2) is 0 Å². The molecule has 0 unspecified atom stereocenters. The number of amides is 1. The number of nitrogens with one attached hydrogen (secondary N) is 1. The number of nitrogens with zero attached hydrogens (tertiary/aromatic N) is 3. The monoisotopic (exact) mass is 544 g/mol. The molecule has 200 valence electrons. The van der Waals surface area contributed by atoms with Crippen molar-refractivity contribution in [2.24, 2.45) is 0 Å². The van der Waals surface area contributed by atoms with E-state index in [0.717, 1.165) is 27.1 Å². The molecule has 1 aliphatic rings. The van der Waals surface area contributed by atoms with Crippen LogP contribution in [-0.2, 0) is 4.79 Å². The Hall–Kier alpha value is -4.49. The van der Waals surface area contributed by atoms with Crippen molar-refractivity contribution in [1.82, 2.24) is 10.1 Å². The Labute approximate surface area is 231 Å². The Kier molecular flexibility index (Phi) is 7.70. The number of rotatable bonds is 8. The van der Waals surface area contributed by atoms with Crippen LogP contribution in [0.15, 0.2) is 64.0 Å². The second kappa shape index (κ2) is 11.5. The van der Waals surface area contributed by atoms with Crippen molar-refractivity contribution in [2.45, 2.75) is 4.90 Å². The Morgan fingerprint density at radius 2 is 1.64 bits per heavy atom. The van der Waals surface area contributed by atoms with Crippen LogP contribution in [0.1, 0.15) is 0 Å². The lowest BCUT2D eigenvalue weighted by molar-refractivity contribution is -0.125. The average molecular weight is 545 g/mol. The van der Waals surface area contributed by atoms with Crippen molar-refractivity contribution >= 4 is 40.3 Å². The van der Waals surface area contributed by atoms with Gasteiger partial charge in [0.2, 0.25) is 0 Å². The molecule has 0 aliphatic carbocycles. The highest BCUT2D eigenvalue weighted by molar-refractivity contribution is 8.00. The predicted molar refractivity (Wildman–Crippen MR) is 153 cm³/mol. The zero-order valence-electron chi connectivity index (χ0n) is 21.9. The van der Waals surface area contributed by atoms with Gasteiger partial charge in [-0.15, -0.1) is 6.42 Å². The zero-order valence-corrected chi connectivity index (χ0v) is 22.7. The maximum atomic E-state index is 11.8. The molecule has 1 fully saturated rings. The summed E-state index contributed by atoms with van der Waals surface area (Å²) in [6.07, 6.45) is 5.27. The van der Waals surface area contributed by atoms with E-state index in [1.165, 1.54) is 11.9 Å². The van der Waals surface area contributed by atoms with Crippen molar-refractivity contribution in [3.05, 3.63) is 54.6 Å². The van der Waals surface area contributed by atoms with E-state index >= 15 is 0 Å². The van der Waals surface area contributed by atoms with Crippen LogP contribution in [0.3, 0.4) is 0 Å². The summed E-state index contributed by atoms with van der Waals surface area (Å²) in [5.74, 6) is 4.45. The summed E-state index contributed by atoms with van der Waals surface area (Å²) in [5, 5.41) is 4.99. The third-order valence-electron chi connectivity index (χ3n) is 6.63. The van der Waals surface area contributed by atoms with Crippen LogP contribution >= 0.6 is 11.9 Å². The molecule has 0 atom stereocenters. The molecule has 9 nitrogen and oxygen atoms in total. The largest absolute Gasteiger partial charge is 0.496 e. The van der Waals surface area contributed by atoms with Gasteiger partial charge in [-0.2, -0.15) is 0 Å². The van der Waals surface area contributed by atoms with E-state index in [2.05, 4.69) is 32.8 Å². The number of hydrogen-bond acceptors (Lipinski definition) is 9. The Morgan fingerprint density at radius 3 is 2.31 bits per heavy atom. The lowest BCUT2D eigenvalue weighted by atomic mass is 10.0. The number of carbonyl (C=O) groups excluding carboxylic acids is 1. The van der Waals surface area contributed by atoms with Crippen LogP contribution in [0.2, 0.25) is 0 Å². The highest BCUT2D eigenvalue weighted by Gasteiger charge is 2.21. The molecule has 5 rings (SSSR count). The molecule has 10 heteroatoms. The molecule has 1 N–H and O–H groups in total. The van der Waals surface area contributed by atoms with Gasteiger partial charge in [0.05, 0.1) is 21.3 Å². The third-order valence-corrected chi connectivity index (χ3v) is 7.53. The van der Waals surface area contributed by atoms with E-state index < -0.39 is 0 Å². The van der Waals surface area contributed by atoms with Crippen LogP contribution in [0.25, 0.3) is 22.1 Å². The normalized spacial score (nSPS) is 13.2. The molecule has 1 aliphatic heterocycles. The molecule has 1 aromatic heterocycles. The first-order chi connectivity index (χ1) is 19.1. The maximum Gasteiger partial charge on any atom is 0.298 e. The van der Waals surface area contributed by atoms with Gasteiger partial charge in [0, 0.05) is 31.9 Å². The molecular weight excluding hydrogens is 516 g/mol. The summed E-state index contributed by atoms with van der Waals surface area (Å²) in [6, 6.07) is 17.8. The number of terminal acetylenes is 1. The first-order valence-corrected chi connectivity index (χ1v) is 13.1. The summed E-state index contributed by atoms with van der Waals surface area (Å²) >= 11 is 1.32. The molecule has 0 radical (unpaired) electrons. The van der Waals surface area contributed by atoms with Crippen LogP contribution in [0.5, 0.6) is 17.2 Å². The molecule has 1 saturated heterocycles. The molecule has 2 heterocycles. The minimum atomic E-state index is -0.259. The van der Waals surface area contributed by atoms with E-state index in [-0.39, 0.29) is 5.91 Å². The molecule has 0 spiro atoms. The third kappa shape index (κ3) is 5.26. The smallest absolute Gasteiger partial charge is 0.298 e. The fourth-order valence-corrected chi connectivity index (χ4v) is 5.43. The fourth-order valence-electron chi connectivity index (χ4n) is 4.59. The SMILES string of the molecule is C#CC(=O)N1CCN(c2cccc(-c3cc(OC)c4c(NSc5c(OC)cccc5OC)noc4c3)c2)CC1. The number of hydrogen-bond donors (Lipinski definition) is 1. The first kappa shape index (κ1) is 26.1. The van der Waals surface area contributed by atoms with Crippen molar-refractivity contribution in [1.29, 1.82) is 0 Å². The van der Waals surface area contributed by atoms with Crippen LogP contribution < -0.4 is 23.8 Å². The molecular formula is C29H28N4O5S. The first-order valence-electron chi connectivity index (χ1n) is 12.3. The fraction of sp³-hybridized carbons (Fsp3) is 0.241. The minimum absolute atomic E-state index is 0.259. The van der Waals surface area contributed by atoms with Gasteiger partial charge in [-0.3, -0.25) is 4.79 Å². The van der Waals surface area contributed by atoms with Crippen LogP contribution in [0.4, 0.5) is 11.5 Å². The Balaban J connectivity index is 1.40. The van der Waals surface area contributed by atoms with Crippen molar-refractivity contribution < 1.29 is 23.5 Å². The summed E-state index contributed by atoms with van der Waals surface area (Å²) in [7, 11) is 4.85. The lowest BCUT2D eigenvalue weighted by Gasteiger charge is -2.35. The Morgan fingerprint density at radius 1 is 0.949 bits per heavy atom. The molecule has 1 amide bonds. The molecule has 3 aromatic carbocycles. The lowest BCUT2D eigenvalue weighted by Crippen LogP contribution is -2.48. The summed E-state index contributed by atoms with van der Waals surface area (Å²) in [6.45, 7) is 2.62. The summed E-state index contributed by atoms with van der Waals surface area (Å²) in [4.78, 5) is 16.6. The maximum absolute atomic E-state index is 11.8. The predicted octanol–water partition coefficient (Wildman–Crippen LogP) is 4.92. The van der Waals surface area contributed by atoms with Gasteiger partial charge in [0.25, 0.3) is 5.91 Å². The number of anilines is 2. The van der Waals surface area contributed by atoms with E-state index in [4.69, 9.17) is 25.2 Å². The number of carbonyl (C=O) groups is 1. The summed E-state index contributed by atoms with van der Waals surface area (Å²) in [5.41, 5.74) is 3.60. The number of fused-ring (bicyclic) bond motifs is 1. The topological polar surface area (TPSA) is 89.3 Å². The number of piperazine rings is 1. The minimum Gasteiger partial charge on any atom is -0.496 e. The standard InChI is InChI=1S/C29H28N4O5S/c1-5-26(34)33-14-12-32(13-15-33)21-9-6-8-19(16-21)20-17-24(37-4)27-25(18-20)38-30-29(27)31-39-28-22(35-2)10-7-11-23(28)36-3/h1,6-11,16-18H,12-15H2,2-4H3,(H,30,31). The van der Waals surface area contributed by atoms with Crippen LogP contribution in [-0.4, -0.2) is 63.5 Å². The van der Waals surface area contributed by atoms with Gasteiger partial charge in [-0.05, 0) is 65.4 Å². The Bertz CT molecular complexity index is 1520. The van der Waals surface area contributed by atoms with Crippen molar-refractivity contribution in [3.63, 3.8) is 0 Å². The quantitative estimate of drug-likeness (QED) is 0.245. The van der Waals surface area contributed by atoms with Gasteiger partial charge < -0.3 is 33.3 Å². The molecule has 0 bridgehead atoms. The second-order valence-electron chi connectivity index (χ2n) is 8.75. The zero-order chi connectivity index (χ0) is 27.4. The van der Waals surface area contributed by atoms with Crippen molar-refractivity contribution in [3.8, 4) is 40.7 Å². The van der Waals surface area contributed by atoms with Gasteiger partial charge in [0.1, 0.15) is 27.5 Å². The molecule has 0 saturated carbocycles. The number of aromatic nitrogens is 1. The van der Waals surface area contributed by atoms with Crippen molar-refractivity contribution in [2.75, 3.05) is 57.1 Å². The van der Waals surface area contributed by atoms with Gasteiger partial charge in [0.15, 0.2) is 11.4 Å². The van der Waals surface area contributed by atoms with Gasteiger partial charge >= 0.3 is 0 Å². The summed E-state index contributed by atoms with van der Waals surface area (Å²) < 4.78 is 25.7.